The molecule has 2 N–H and O–H groups in total. The number of hydrogen-bond donors (Lipinski definition) is 1. The Labute approximate surface area is 176 Å². The molecule has 156 valence electrons. The van der Waals surface area contributed by atoms with Crippen LogP contribution in [0.15, 0.2) is 29.5 Å². The molecule has 2 aromatic heterocycles. The number of nitrogens with zero attached hydrogens (tertiary/aromatic N) is 6. The van der Waals surface area contributed by atoms with Gasteiger partial charge < -0.3 is 20.1 Å². The summed E-state index contributed by atoms with van der Waals surface area (Å²) in [6, 6.07) is 6.14. The minimum absolute atomic E-state index is 0.462. The second kappa shape index (κ2) is 7.87. The van der Waals surface area contributed by atoms with E-state index in [0.29, 0.717) is 17.8 Å². The fourth-order valence-electron chi connectivity index (χ4n) is 3.83. The molecule has 3 aromatic rings. The molecular formula is C22H27N7O. The summed E-state index contributed by atoms with van der Waals surface area (Å²) >= 11 is 0. The lowest BCUT2D eigenvalue weighted by molar-refractivity contribution is 0.1000. The predicted molar refractivity (Wildman–Crippen MR) is 121 cm³/mol. The molecule has 0 fully saturated rings. The van der Waals surface area contributed by atoms with Gasteiger partial charge in [-0.15, -0.1) is 0 Å². The molecule has 0 bridgehead atoms. The maximum Gasteiger partial charge on any atom is 0.252 e. The van der Waals surface area contributed by atoms with Crippen molar-refractivity contribution in [1.82, 2.24) is 19.4 Å². The van der Waals surface area contributed by atoms with Gasteiger partial charge in [0.2, 0.25) is 0 Å². The lowest BCUT2D eigenvalue weighted by atomic mass is 9.99. The number of benzene rings is 1. The van der Waals surface area contributed by atoms with E-state index < -0.39 is 5.91 Å². The number of nitrogens with two attached hydrogens (primary N) is 1. The van der Waals surface area contributed by atoms with Gasteiger partial charge >= 0.3 is 0 Å². The minimum atomic E-state index is -0.473. The van der Waals surface area contributed by atoms with Crippen LogP contribution in [0, 0.1) is 0 Å². The lowest BCUT2D eigenvalue weighted by Crippen LogP contribution is -2.31. The highest BCUT2D eigenvalue weighted by atomic mass is 16.1. The highest BCUT2D eigenvalue weighted by Crippen LogP contribution is 2.40. The SMILES string of the molecule is CCn1cnc2cc(-c3nc(N(C)CCN(C)C)c(C(N)=O)c4c3N=CC4)ccc21. The van der Waals surface area contributed by atoms with Crippen molar-refractivity contribution in [2.45, 2.75) is 19.9 Å². The monoisotopic (exact) mass is 405 g/mol. The van der Waals surface area contributed by atoms with E-state index in [4.69, 9.17) is 10.7 Å². The van der Waals surface area contributed by atoms with Crippen LogP contribution in [0.1, 0.15) is 22.8 Å². The van der Waals surface area contributed by atoms with Crippen LogP contribution in [0.25, 0.3) is 22.3 Å². The van der Waals surface area contributed by atoms with E-state index in [2.05, 4.69) is 32.4 Å². The maximum atomic E-state index is 12.4. The number of aromatic nitrogens is 3. The normalized spacial score (nSPS) is 12.7. The summed E-state index contributed by atoms with van der Waals surface area (Å²) in [6.45, 7) is 4.51. The van der Waals surface area contributed by atoms with Gasteiger partial charge in [0.15, 0.2) is 0 Å². The predicted octanol–water partition coefficient (Wildman–Crippen LogP) is 2.47. The van der Waals surface area contributed by atoms with Gasteiger partial charge in [0.1, 0.15) is 5.82 Å². The number of aliphatic imine (C=N–C) groups is 1. The van der Waals surface area contributed by atoms with Crippen molar-refractivity contribution in [3.05, 3.63) is 35.7 Å². The standard InChI is InChI=1S/C22H27N7O/c1-5-29-13-25-16-12-14(6-7-17(16)29)19-20-15(8-9-24-20)18(21(23)30)22(26-19)28(4)11-10-27(2)3/h6-7,9,12-13H,5,8,10-11H2,1-4H3,(H2,23,30). The summed E-state index contributed by atoms with van der Waals surface area (Å²) in [5.74, 6) is 0.127. The molecule has 1 aliphatic rings. The number of pyridine rings is 1. The molecule has 0 spiro atoms. The van der Waals surface area contributed by atoms with Gasteiger partial charge in [-0.05, 0) is 33.2 Å². The van der Waals surface area contributed by atoms with Crippen molar-refractivity contribution in [2.75, 3.05) is 39.1 Å². The number of likely N-dealkylation sites (N-methyl/N-ethyl adjacent to an activating group) is 2. The molecule has 8 heteroatoms. The van der Waals surface area contributed by atoms with E-state index in [1.54, 1.807) is 0 Å². The van der Waals surface area contributed by atoms with Crippen molar-refractivity contribution in [3.63, 3.8) is 0 Å². The first-order chi connectivity index (χ1) is 14.4. The average Bonchev–Trinajstić information content (AvgIpc) is 3.36. The fourth-order valence-corrected chi connectivity index (χ4v) is 3.83. The molecule has 3 heterocycles. The summed E-state index contributed by atoms with van der Waals surface area (Å²) in [4.78, 5) is 30.4. The Bertz CT molecular complexity index is 1150. The van der Waals surface area contributed by atoms with Crippen LogP contribution in [0.3, 0.4) is 0 Å². The third-order valence-electron chi connectivity index (χ3n) is 5.49. The van der Waals surface area contributed by atoms with E-state index in [1.165, 1.54) is 0 Å². The number of carbonyl (C=O) groups excluding carboxylic acids is 1. The summed E-state index contributed by atoms with van der Waals surface area (Å²) < 4.78 is 2.10. The molecule has 1 amide bonds. The van der Waals surface area contributed by atoms with E-state index in [1.807, 2.05) is 50.7 Å². The molecule has 0 radical (unpaired) electrons. The van der Waals surface area contributed by atoms with Crippen LogP contribution in [-0.4, -0.2) is 65.8 Å². The Balaban J connectivity index is 1.87. The van der Waals surface area contributed by atoms with Gasteiger partial charge in [0.05, 0.1) is 34.3 Å². The lowest BCUT2D eigenvalue weighted by Gasteiger charge is -2.24. The van der Waals surface area contributed by atoms with Gasteiger partial charge in [0, 0.05) is 50.4 Å². The zero-order valence-corrected chi connectivity index (χ0v) is 17.9. The number of hydrogen-bond acceptors (Lipinski definition) is 6. The Morgan fingerprint density at radius 2 is 2.03 bits per heavy atom. The number of imidazole rings is 1. The summed E-state index contributed by atoms with van der Waals surface area (Å²) in [7, 11) is 5.97. The minimum Gasteiger partial charge on any atom is -0.365 e. The van der Waals surface area contributed by atoms with Gasteiger partial charge in [-0.1, -0.05) is 6.07 Å². The first kappa shape index (κ1) is 20.0. The van der Waals surface area contributed by atoms with Crippen LogP contribution in [0.4, 0.5) is 11.5 Å². The molecule has 4 rings (SSSR count). The number of rotatable bonds is 7. The maximum absolute atomic E-state index is 12.4. The largest absolute Gasteiger partial charge is 0.365 e. The number of primary amides is 1. The highest BCUT2D eigenvalue weighted by Gasteiger charge is 2.27. The van der Waals surface area contributed by atoms with Crippen molar-refractivity contribution >= 4 is 34.7 Å². The summed E-state index contributed by atoms with van der Waals surface area (Å²) in [6.07, 6.45) is 4.24. The zero-order chi connectivity index (χ0) is 21.4. The number of aryl methyl sites for hydroxylation is 1. The molecule has 0 unspecified atom stereocenters. The molecule has 1 aromatic carbocycles. The molecule has 8 nitrogen and oxygen atoms in total. The van der Waals surface area contributed by atoms with Gasteiger partial charge in [-0.3, -0.25) is 9.79 Å². The Hall–Kier alpha value is -3.26. The van der Waals surface area contributed by atoms with Gasteiger partial charge in [-0.2, -0.15) is 0 Å². The number of fused-ring (bicyclic) bond motifs is 2. The van der Waals surface area contributed by atoms with Crippen molar-refractivity contribution in [1.29, 1.82) is 0 Å². The van der Waals surface area contributed by atoms with Crippen LogP contribution in [-0.2, 0) is 13.0 Å². The van der Waals surface area contributed by atoms with Gasteiger partial charge in [0.25, 0.3) is 5.91 Å². The van der Waals surface area contributed by atoms with Gasteiger partial charge in [-0.25, -0.2) is 9.97 Å². The van der Waals surface area contributed by atoms with Crippen molar-refractivity contribution < 1.29 is 4.79 Å². The number of amides is 1. The number of anilines is 1. The topological polar surface area (TPSA) is 92.6 Å². The fraction of sp³-hybridized carbons (Fsp3) is 0.364. The first-order valence-corrected chi connectivity index (χ1v) is 10.1. The molecule has 0 saturated carbocycles. The molecule has 0 aliphatic carbocycles. The second-order valence-corrected chi connectivity index (χ2v) is 7.83. The smallest absolute Gasteiger partial charge is 0.252 e. The van der Waals surface area contributed by atoms with E-state index >= 15 is 0 Å². The Morgan fingerprint density at radius 1 is 1.23 bits per heavy atom. The summed E-state index contributed by atoms with van der Waals surface area (Å²) in [5.41, 5.74) is 11.5. The van der Waals surface area contributed by atoms with Crippen molar-refractivity contribution in [3.8, 4) is 11.3 Å². The molecule has 0 atom stereocenters. The van der Waals surface area contributed by atoms with E-state index in [-0.39, 0.29) is 0 Å². The third kappa shape index (κ3) is 3.43. The number of carbonyl (C=O) groups is 1. The zero-order valence-electron chi connectivity index (χ0n) is 17.9. The van der Waals surface area contributed by atoms with Crippen molar-refractivity contribution in [2.24, 2.45) is 10.7 Å². The molecule has 30 heavy (non-hydrogen) atoms. The van der Waals surface area contributed by atoms with E-state index in [0.717, 1.165) is 53.2 Å². The first-order valence-electron chi connectivity index (χ1n) is 10.1. The Kier molecular flexibility index (Phi) is 5.26. The van der Waals surface area contributed by atoms with Crippen LogP contribution in [0.2, 0.25) is 0 Å². The third-order valence-corrected chi connectivity index (χ3v) is 5.49. The average molecular weight is 406 g/mol. The molecular weight excluding hydrogens is 378 g/mol. The van der Waals surface area contributed by atoms with Crippen LogP contribution in [0.5, 0.6) is 0 Å². The molecule has 1 aliphatic heterocycles. The van der Waals surface area contributed by atoms with Crippen LogP contribution < -0.4 is 10.6 Å². The quantitative estimate of drug-likeness (QED) is 0.652. The second-order valence-electron chi connectivity index (χ2n) is 7.83. The Morgan fingerprint density at radius 3 is 2.73 bits per heavy atom. The van der Waals surface area contributed by atoms with E-state index in [9.17, 15) is 4.79 Å². The summed E-state index contributed by atoms with van der Waals surface area (Å²) in [5, 5.41) is 0. The highest BCUT2D eigenvalue weighted by molar-refractivity contribution is 6.04. The van der Waals surface area contributed by atoms with Crippen LogP contribution >= 0.6 is 0 Å². The molecule has 0 saturated heterocycles.